The highest BCUT2D eigenvalue weighted by Crippen LogP contribution is 2.02. The number of unbranched alkanes of at least 4 members (excludes halogenated alkanes) is 1. The van der Waals surface area contributed by atoms with E-state index in [2.05, 4.69) is 6.92 Å². The first-order valence-electron chi connectivity index (χ1n) is 8.60. The van der Waals surface area contributed by atoms with Crippen molar-refractivity contribution < 1.29 is 23.7 Å². The lowest BCUT2D eigenvalue weighted by Crippen LogP contribution is -2.28. The summed E-state index contributed by atoms with van der Waals surface area (Å²) in [6.45, 7) is 14.7. The van der Waals surface area contributed by atoms with Gasteiger partial charge in [-0.2, -0.15) is 0 Å². The molecule has 0 aliphatic carbocycles. The maximum Gasteiger partial charge on any atom is 0.0785 e. The Morgan fingerprint density at radius 2 is 1.32 bits per heavy atom. The maximum atomic E-state index is 5.82. The summed E-state index contributed by atoms with van der Waals surface area (Å²) in [5, 5.41) is 0. The van der Waals surface area contributed by atoms with Crippen molar-refractivity contribution in [2.45, 2.75) is 65.8 Å². The Hall–Kier alpha value is -0.200. The molecule has 0 fully saturated rings. The first kappa shape index (κ1) is 21.8. The summed E-state index contributed by atoms with van der Waals surface area (Å²) in [6, 6.07) is 0. The van der Waals surface area contributed by atoms with Gasteiger partial charge in [-0.3, -0.25) is 0 Å². The average Bonchev–Trinajstić information content (AvgIpc) is 2.50. The molecular formula is C17H36O5. The minimum Gasteiger partial charge on any atom is -0.379 e. The van der Waals surface area contributed by atoms with E-state index in [0.29, 0.717) is 33.0 Å². The van der Waals surface area contributed by atoms with E-state index in [4.69, 9.17) is 23.7 Å². The Balaban J connectivity index is 3.47. The van der Waals surface area contributed by atoms with E-state index >= 15 is 0 Å². The third-order valence-corrected chi connectivity index (χ3v) is 3.00. The standard InChI is InChI=1S/C17H36O5/c1-6-8-9-19-10-11-20-13-16(4)22-17(5)14-21-15(3)12-18-7-2/h15-17H,6-14H2,1-5H3. The monoisotopic (exact) mass is 320 g/mol. The molecule has 0 saturated carbocycles. The molecule has 0 bridgehead atoms. The topological polar surface area (TPSA) is 46.2 Å². The molecule has 3 atom stereocenters. The van der Waals surface area contributed by atoms with Gasteiger partial charge in [-0.25, -0.2) is 0 Å². The van der Waals surface area contributed by atoms with Gasteiger partial charge in [-0.05, 0) is 34.1 Å². The summed E-state index contributed by atoms with van der Waals surface area (Å²) < 4.78 is 27.8. The van der Waals surface area contributed by atoms with E-state index in [-0.39, 0.29) is 18.3 Å². The van der Waals surface area contributed by atoms with Crippen molar-refractivity contribution in [1.29, 1.82) is 0 Å². The molecule has 0 aromatic rings. The lowest BCUT2D eigenvalue weighted by atomic mass is 10.3. The quantitative estimate of drug-likeness (QED) is 0.409. The van der Waals surface area contributed by atoms with Crippen LogP contribution in [-0.4, -0.2) is 64.6 Å². The van der Waals surface area contributed by atoms with Crippen LogP contribution in [0.1, 0.15) is 47.5 Å². The van der Waals surface area contributed by atoms with Gasteiger partial charge in [-0.1, -0.05) is 13.3 Å². The van der Waals surface area contributed by atoms with Crippen LogP contribution in [0.25, 0.3) is 0 Å². The van der Waals surface area contributed by atoms with Crippen molar-refractivity contribution in [2.24, 2.45) is 0 Å². The molecular weight excluding hydrogens is 284 g/mol. The van der Waals surface area contributed by atoms with Crippen LogP contribution in [0.4, 0.5) is 0 Å². The van der Waals surface area contributed by atoms with Crippen LogP contribution < -0.4 is 0 Å². The molecule has 0 aromatic heterocycles. The molecule has 0 aliphatic rings. The molecule has 0 N–H and O–H groups in total. The summed E-state index contributed by atoms with van der Waals surface area (Å²) in [5.41, 5.74) is 0. The molecule has 5 heteroatoms. The number of rotatable bonds is 16. The summed E-state index contributed by atoms with van der Waals surface area (Å²) >= 11 is 0. The van der Waals surface area contributed by atoms with Crippen LogP contribution in [0.2, 0.25) is 0 Å². The Labute approximate surface area is 136 Å². The Bertz CT molecular complexity index is 225. The summed E-state index contributed by atoms with van der Waals surface area (Å²) in [4.78, 5) is 0. The third-order valence-electron chi connectivity index (χ3n) is 3.00. The zero-order valence-electron chi connectivity index (χ0n) is 15.1. The van der Waals surface area contributed by atoms with Crippen LogP contribution in [-0.2, 0) is 23.7 Å². The number of hydrogen-bond acceptors (Lipinski definition) is 5. The van der Waals surface area contributed by atoms with E-state index < -0.39 is 0 Å². The zero-order chi connectivity index (χ0) is 16.6. The first-order valence-corrected chi connectivity index (χ1v) is 8.60. The summed E-state index contributed by atoms with van der Waals surface area (Å²) in [6.07, 6.45) is 2.46. The zero-order valence-corrected chi connectivity index (χ0v) is 15.1. The largest absolute Gasteiger partial charge is 0.379 e. The molecule has 134 valence electrons. The molecule has 0 aliphatic heterocycles. The van der Waals surface area contributed by atoms with Crippen LogP contribution in [0.3, 0.4) is 0 Å². The minimum atomic E-state index is 0.0449. The minimum absolute atomic E-state index is 0.0449. The van der Waals surface area contributed by atoms with Crippen molar-refractivity contribution in [3.63, 3.8) is 0 Å². The molecule has 0 radical (unpaired) electrons. The van der Waals surface area contributed by atoms with E-state index in [1.807, 2.05) is 27.7 Å². The predicted molar refractivity (Wildman–Crippen MR) is 88.5 cm³/mol. The highest BCUT2D eigenvalue weighted by Gasteiger charge is 2.11. The molecule has 22 heavy (non-hydrogen) atoms. The fraction of sp³-hybridized carbons (Fsp3) is 1.00. The smallest absolute Gasteiger partial charge is 0.0785 e. The lowest BCUT2D eigenvalue weighted by molar-refractivity contribution is -0.0937. The van der Waals surface area contributed by atoms with Gasteiger partial charge in [0.25, 0.3) is 0 Å². The Morgan fingerprint density at radius 1 is 0.682 bits per heavy atom. The number of ether oxygens (including phenoxy) is 5. The highest BCUT2D eigenvalue weighted by molar-refractivity contribution is 4.56. The van der Waals surface area contributed by atoms with Crippen molar-refractivity contribution in [2.75, 3.05) is 46.2 Å². The number of hydrogen-bond donors (Lipinski definition) is 0. The lowest BCUT2D eigenvalue weighted by Gasteiger charge is -2.21. The summed E-state index contributed by atoms with van der Waals surface area (Å²) in [7, 11) is 0. The van der Waals surface area contributed by atoms with Crippen LogP contribution >= 0.6 is 0 Å². The van der Waals surface area contributed by atoms with Crippen molar-refractivity contribution in [1.82, 2.24) is 0 Å². The van der Waals surface area contributed by atoms with E-state index in [0.717, 1.165) is 26.1 Å². The van der Waals surface area contributed by atoms with E-state index in [1.165, 1.54) is 0 Å². The molecule has 3 unspecified atom stereocenters. The fourth-order valence-corrected chi connectivity index (χ4v) is 1.82. The second-order valence-electron chi connectivity index (χ2n) is 5.60. The van der Waals surface area contributed by atoms with E-state index in [1.54, 1.807) is 0 Å². The average molecular weight is 320 g/mol. The van der Waals surface area contributed by atoms with Crippen LogP contribution in [0.15, 0.2) is 0 Å². The maximum absolute atomic E-state index is 5.82. The Morgan fingerprint density at radius 3 is 2.00 bits per heavy atom. The van der Waals surface area contributed by atoms with Crippen molar-refractivity contribution in [3.05, 3.63) is 0 Å². The molecule has 5 nitrogen and oxygen atoms in total. The van der Waals surface area contributed by atoms with Crippen LogP contribution in [0, 0.1) is 0 Å². The molecule has 0 heterocycles. The highest BCUT2D eigenvalue weighted by atomic mass is 16.6. The SMILES string of the molecule is CCCCOCCOCC(C)OC(C)COC(C)COCC. The van der Waals surface area contributed by atoms with Gasteiger partial charge in [0.05, 0.1) is 51.3 Å². The van der Waals surface area contributed by atoms with Crippen LogP contribution in [0.5, 0.6) is 0 Å². The van der Waals surface area contributed by atoms with Gasteiger partial charge in [0.2, 0.25) is 0 Å². The van der Waals surface area contributed by atoms with Gasteiger partial charge in [-0.15, -0.1) is 0 Å². The molecule has 0 spiro atoms. The van der Waals surface area contributed by atoms with E-state index in [9.17, 15) is 0 Å². The summed E-state index contributed by atoms with van der Waals surface area (Å²) in [5.74, 6) is 0. The fourth-order valence-electron chi connectivity index (χ4n) is 1.82. The molecule has 0 aromatic carbocycles. The molecule has 0 saturated heterocycles. The second-order valence-corrected chi connectivity index (χ2v) is 5.60. The normalized spacial score (nSPS) is 15.7. The van der Waals surface area contributed by atoms with Gasteiger partial charge in [0.1, 0.15) is 0 Å². The molecule has 0 rings (SSSR count). The van der Waals surface area contributed by atoms with Crippen molar-refractivity contribution >= 4 is 0 Å². The van der Waals surface area contributed by atoms with Crippen molar-refractivity contribution in [3.8, 4) is 0 Å². The van der Waals surface area contributed by atoms with Gasteiger partial charge in [0, 0.05) is 13.2 Å². The van der Waals surface area contributed by atoms with Gasteiger partial charge < -0.3 is 23.7 Å². The Kier molecular flexibility index (Phi) is 15.5. The van der Waals surface area contributed by atoms with Gasteiger partial charge >= 0.3 is 0 Å². The molecule has 0 amide bonds. The second kappa shape index (κ2) is 15.7. The third kappa shape index (κ3) is 14.7. The predicted octanol–water partition coefficient (Wildman–Crippen LogP) is 3.05. The first-order chi connectivity index (χ1) is 10.6. The van der Waals surface area contributed by atoms with Gasteiger partial charge in [0.15, 0.2) is 0 Å².